The van der Waals surface area contributed by atoms with E-state index < -0.39 is 11.6 Å². The lowest BCUT2D eigenvalue weighted by atomic mass is 10.1. The molecule has 0 saturated carbocycles. The van der Waals surface area contributed by atoms with Gasteiger partial charge in [-0.1, -0.05) is 28.3 Å². The van der Waals surface area contributed by atoms with Gasteiger partial charge in [0.15, 0.2) is 4.34 Å². The van der Waals surface area contributed by atoms with Crippen LogP contribution >= 0.6 is 23.1 Å². The molecule has 0 radical (unpaired) electrons. The molecule has 25 heavy (non-hydrogen) atoms. The Hall–Kier alpha value is -2.40. The van der Waals surface area contributed by atoms with Gasteiger partial charge in [-0.15, -0.1) is 10.2 Å². The van der Waals surface area contributed by atoms with E-state index in [1.54, 1.807) is 5.51 Å². The molecule has 0 saturated heterocycles. The number of oxime groups is 1. The highest BCUT2D eigenvalue weighted by atomic mass is 32.2. The molecule has 11 heteroatoms. The summed E-state index contributed by atoms with van der Waals surface area (Å²) in [6, 6.07) is 3.29. The maximum atomic E-state index is 14.1. The Morgan fingerprint density at radius 1 is 1.36 bits per heavy atom. The third-order valence-electron chi connectivity index (χ3n) is 2.94. The van der Waals surface area contributed by atoms with E-state index in [1.165, 1.54) is 52.6 Å². The van der Waals surface area contributed by atoms with E-state index in [1.807, 2.05) is 0 Å². The summed E-state index contributed by atoms with van der Waals surface area (Å²) in [5, 5.41) is 15.6. The average molecular weight is 382 g/mol. The second-order valence-corrected chi connectivity index (χ2v) is 6.82. The highest BCUT2D eigenvalue weighted by Crippen LogP contribution is 2.18. The molecular weight excluding hydrogens is 370 g/mol. The minimum Gasteiger partial charge on any atom is -0.395 e. The van der Waals surface area contributed by atoms with E-state index in [0.717, 1.165) is 10.4 Å². The minimum absolute atomic E-state index is 0.145. The van der Waals surface area contributed by atoms with Gasteiger partial charge in [0.25, 0.3) is 0 Å². The number of benzene rings is 1. The van der Waals surface area contributed by atoms with Gasteiger partial charge < -0.3 is 4.84 Å². The van der Waals surface area contributed by atoms with E-state index in [-0.39, 0.29) is 17.8 Å². The molecule has 130 valence electrons. The molecule has 2 aromatic heterocycles. The van der Waals surface area contributed by atoms with Crippen LogP contribution in [0.2, 0.25) is 0 Å². The molecule has 2 heterocycles. The van der Waals surface area contributed by atoms with Gasteiger partial charge in [0, 0.05) is 17.4 Å². The highest BCUT2D eigenvalue weighted by Gasteiger charge is 2.13. The lowest BCUT2D eigenvalue weighted by Crippen LogP contribution is -2.15. The van der Waals surface area contributed by atoms with Crippen molar-refractivity contribution >= 4 is 28.8 Å². The van der Waals surface area contributed by atoms with Crippen molar-refractivity contribution < 1.29 is 13.6 Å². The first-order valence-corrected chi connectivity index (χ1v) is 8.94. The fraction of sp³-hybridized carbons (Fsp3) is 0.214. The number of thioether (sulfide) groups is 1. The Morgan fingerprint density at radius 3 is 3.00 bits per heavy atom. The number of hydrogen-bond donors (Lipinski definition) is 0. The molecule has 0 aliphatic heterocycles. The zero-order valence-electron chi connectivity index (χ0n) is 12.7. The predicted molar refractivity (Wildman–Crippen MR) is 89.5 cm³/mol. The molecule has 0 aliphatic carbocycles. The zero-order chi connectivity index (χ0) is 17.5. The zero-order valence-corrected chi connectivity index (χ0v) is 14.4. The fourth-order valence-electron chi connectivity index (χ4n) is 1.87. The second kappa shape index (κ2) is 8.62. The molecule has 0 atom stereocenters. The van der Waals surface area contributed by atoms with Crippen molar-refractivity contribution in [2.24, 2.45) is 5.16 Å². The van der Waals surface area contributed by atoms with Gasteiger partial charge >= 0.3 is 0 Å². The summed E-state index contributed by atoms with van der Waals surface area (Å²) in [4.78, 5) is 9.12. The molecule has 7 nitrogen and oxygen atoms in total. The van der Waals surface area contributed by atoms with E-state index in [0.29, 0.717) is 12.4 Å². The maximum Gasteiger partial charge on any atom is 0.174 e. The van der Waals surface area contributed by atoms with Gasteiger partial charge in [-0.3, -0.25) is 0 Å². The normalized spacial score (nSPS) is 11.7. The molecule has 0 amide bonds. The standard InChI is InChI=1S/C14H12F2N6OS2/c15-10-1-2-11(12(16)5-10)13(6-22-8-17-7-19-22)21-23-3-4-24-14-20-18-9-25-14/h1-2,5,7-9H,3-4,6H2/b21-13-. The van der Waals surface area contributed by atoms with Gasteiger partial charge in [0.05, 0.1) is 6.54 Å². The van der Waals surface area contributed by atoms with Crippen LogP contribution in [-0.4, -0.2) is 43.0 Å². The summed E-state index contributed by atoms with van der Waals surface area (Å²) in [6.45, 7) is 0.444. The Kier molecular flexibility index (Phi) is 6.01. The lowest BCUT2D eigenvalue weighted by molar-refractivity contribution is 0.160. The van der Waals surface area contributed by atoms with Crippen LogP contribution in [0.4, 0.5) is 8.78 Å². The van der Waals surface area contributed by atoms with Crippen molar-refractivity contribution in [3.63, 3.8) is 0 Å². The van der Waals surface area contributed by atoms with Crippen molar-refractivity contribution in [3.05, 3.63) is 53.6 Å². The molecule has 3 aromatic rings. The van der Waals surface area contributed by atoms with Crippen molar-refractivity contribution in [2.45, 2.75) is 10.9 Å². The van der Waals surface area contributed by atoms with Crippen LogP contribution < -0.4 is 0 Å². The van der Waals surface area contributed by atoms with Crippen molar-refractivity contribution in [2.75, 3.05) is 12.4 Å². The van der Waals surface area contributed by atoms with Crippen LogP contribution in [0, 0.1) is 11.6 Å². The van der Waals surface area contributed by atoms with E-state index in [4.69, 9.17) is 4.84 Å². The van der Waals surface area contributed by atoms with E-state index in [9.17, 15) is 8.78 Å². The summed E-state index contributed by atoms with van der Waals surface area (Å²) in [7, 11) is 0. The number of hydrogen-bond acceptors (Lipinski definition) is 8. The van der Waals surface area contributed by atoms with Gasteiger partial charge in [-0.2, -0.15) is 5.10 Å². The van der Waals surface area contributed by atoms with Crippen molar-refractivity contribution in [1.82, 2.24) is 25.0 Å². The molecule has 0 bridgehead atoms. The largest absolute Gasteiger partial charge is 0.395 e. The van der Waals surface area contributed by atoms with Crippen molar-refractivity contribution in [1.29, 1.82) is 0 Å². The van der Waals surface area contributed by atoms with Crippen LogP contribution in [0.25, 0.3) is 0 Å². The molecule has 0 unspecified atom stereocenters. The predicted octanol–water partition coefficient (Wildman–Crippen LogP) is 2.62. The van der Waals surface area contributed by atoms with Crippen LogP contribution in [-0.2, 0) is 11.4 Å². The number of rotatable bonds is 8. The smallest absolute Gasteiger partial charge is 0.174 e. The first kappa shape index (κ1) is 17.4. The van der Waals surface area contributed by atoms with Gasteiger partial charge in [0.1, 0.15) is 42.1 Å². The SMILES string of the molecule is Fc1ccc(/C(Cn2cncn2)=N\OCCSc2nncs2)c(F)c1. The molecule has 0 fully saturated rings. The van der Waals surface area contributed by atoms with E-state index >= 15 is 0 Å². The number of nitrogens with zero attached hydrogens (tertiary/aromatic N) is 6. The van der Waals surface area contributed by atoms with Crippen LogP contribution in [0.15, 0.2) is 45.9 Å². The average Bonchev–Trinajstić information content (AvgIpc) is 3.27. The molecule has 0 N–H and O–H groups in total. The third-order valence-corrected chi connectivity index (χ3v) is 4.76. The number of aromatic nitrogens is 5. The van der Waals surface area contributed by atoms with Crippen molar-refractivity contribution in [3.8, 4) is 0 Å². The van der Waals surface area contributed by atoms with Crippen LogP contribution in [0.5, 0.6) is 0 Å². The summed E-state index contributed by atoms with van der Waals surface area (Å²) in [5.41, 5.74) is 2.08. The monoisotopic (exact) mass is 382 g/mol. The first-order valence-electron chi connectivity index (χ1n) is 7.08. The summed E-state index contributed by atoms with van der Waals surface area (Å²) in [6.07, 6.45) is 2.83. The van der Waals surface area contributed by atoms with Gasteiger partial charge in [-0.05, 0) is 12.1 Å². The fourth-order valence-corrected chi connectivity index (χ4v) is 3.24. The molecular formula is C14H12F2N6OS2. The second-order valence-electron chi connectivity index (χ2n) is 4.64. The quantitative estimate of drug-likeness (QED) is 0.258. The maximum absolute atomic E-state index is 14.1. The molecule has 0 spiro atoms. The summed E-state index contributed by atoms with van der Waals surface area (Å²) in [5.74, 6) is -0.761. The summed E-state index contributed by atoms with van der Waals surface area (Å²) < 4.78 is 29.5. The minimum atomic E-state index is -0.717. The first-order chi connectivity index (χ1) is 12.2. The lowest BCUT2D eigenvalue weighted by Gasteiger charge is -2.08. The summed E-state index contributed by atoms with van der Waals surface area (Å²) >= 11 is 2.92. The highest BCUT2D eigenvalue weighted by molar-refractivity contribution is 8.01. The number of halogens is 2. The van der Waals surface area contributed by atoms with Gasteiger partial charge in [0.2, 0.25) is 0 Å². The Bertz CT molecular complexity index is 826. The van der Waals surface area contributed by atoms with Crippen LogP contribution in [0.1, 0.15) is 5.56 Å². The van der Waals surface area contributed by atoms with E-state index in [2.05, 4.69) is 25.4 Å². The molecule has 3 rings (SSSR count). The third kappa shape index (κ3) is 5.03. The Balaban J connectivity index is 1.67. The molecule has 0 aliphatic rings. The Morgan fingerprint density at radius 2 is 2.28 bits per heavy atom. The van der Waals surface area contributed by atoms with Gasteiger partial charge in [-0.25, -0.2) is 18.4 Å². The molecule has 1 aromatic carbocycles. The topological polar surface area (TPSA) is 78.1 Å². The van der Waals surface area contributed by atoms with Crippen LogP contribution in [0.3, 0.4) is 0 Å². The Labute approximate surface area is 149 Å².